The third-order valence-electron chi connectivity index (χ3n) is 3.89. The van der Waals surface area contributed by atoms with Gasteiger partial charge in [0.2, 0.25) is 0 Å². The lowest BCUT2D eigenvalue weighted by atomic mass is 10.1. The molecule has 129 valence electrons. The van der Waals surface area contributed by atoms with Gasteiger partial charge in [-0.1, -0.05) is 70.4 Å². The van der Waals surface area contributed by atoms with Gasteiger partial charge in [-0.2, -0.15) is 0 Å². The standard InChI is InChI=1S/C20H37O2/c1-3-5-6-7-8-9-10-11-12-13-14-15-16-17-18-19-20(21)22-4-2/h4,11-12H,3,5-10,13-19H2,1-2H3/b12-11-. The normalized spacial score (nSPS) is 11.2. The Hall–Kier alpha value is -0.790. The molecule has 0 aromatic heterocycles. The van der Waals surface area contributed by atoms with Gasteiger partial charge in [-0.25, -0.2) is 0 Å². The van der Waals surface area contributed by atoms with Crippen LogP contribution in [0.5, 0.6) is 0 Å². The zero-order valence-electron chi connectivity index (χ0n) is 14.9. The highest BCUT2D eigenvalue weighted by atomic mass is 16.5. The Morgan fingerprint density at radius 1 is 0.773 bits per heavy atom. The summed E-state index contributed by atoms with van der Waals surface area (Å²) in [6.07, 6.45) is 21.9. The predicted molar refractivity (Wildman–Crippen MR) is 95.5 cm³/mol. The number of allylic oxidation sites excluding steroid dienone is 2. The molecule has 0 aliphatic carbocycles. The largest absolute Gasteiger partial charge is 0.459 e. The minimum atomic E-state index is -0.0971. The fourth-order valence-electron chi connectivity index (χ4n) is 2.53. The third kappa shape index (κ3) is 17.3. The van der Waals surface area contributed by atoms with Gasteiger partial charge < -0.3 is 4.74 Å². The van der Waals surface area contributed by atoms with Crippen molar-refractivity contribution in [2.45, 2.75) is 104 Å². The molecule has 22 heavy (non-hydrogen) atoms. The molecule has 0 atom stereocenters. The van der Waals surface area contributed by atoms with Gasteiger partial charge in [-0.05, 0) is 39.0 Å². The van der Waals surface area contributed by atoms with E-state index in [0.29, 0.717) is 6.42 Å². The zero-order chi connectivity index (χ0) is 16.3. The van der Waals surface area contributed by atoms with Crippen molar-refractivity contribution >= 4 is 5.97 Å². The Labute approximate surface area is 138 Å². The van der Waals surface area contributed by atoms with E-state index >= 15 is 0 Å². The van der Waals surface area contributed by atoms with Crippen LogP contribution in [0, 0.1) is 6.61 Å². The van der Waals surface area contributed by atoms with Crippen LogP contribution in [0.15, 0.2) is 12.2 Å². The molecule has 0 aromatic rings. The summed E-state index contributed by atoms with van der Waals surface area (Å²) in [5.74, 6) is -0.0971. The molecule has 0 saturated carbocycles. The number of rotatable bonds is 16. The highest BCUT2D eigenvalue weighted by Gasteiger charge is 2.00. The smallest absolute Gasteiger partial charge is 0.306 e. The van der Waals surface area contributed by atoms with E-state index < -0.39 is 0 Å². The maximum atomic E-state index is 11.1. The number of hydrogen-bond acceptors (Lipinski definition) is 2. The minimum absolute atomic E-state index is 0.0971. The molecule has 0 spiro atoms. The maximum Gasteiger partial charge on any atom is 0.306 e. The Bertz CT molecular complexity index is 258. The molecule has 0 aromatic carbocycles. The second-order valence-electron chi connectivity index (χ2n) is 6.06. The van der Waals surface area contributed by atoms with Gasteiger partial charge in [0.15, 0.2) is 0 Å². The number of carbonyl (C=O) groups is 1. The Morgan fingerprint density at radius 3 is 1.82 bits per heavy atom. The first-order valence-corrected chi connectivity index (χ1v) is 9.43. The lowest BCUT2D eigenvalue weighted by molar-refractivity contribution is -0.140. The molecule has 0 heterocycles. The average molecular weight is 310 g/mol. The van der Waals surface area contributed by atoms with E-state index in [1.807, 2.05) is 0 Å². The molecule has 0 saturated heterocycles. The molecule has 1 radical (unpaired) electrons. The molecule has 0 bridgehead atoms. The lowest BCUT2D eigenvalue weighted by Gasteiger charge is -2.01. The second kappa shape index (κ2) is 18.3. The highest BCUT2D eigenvalue weighted by Crippen LogP contribution is 2.10. The summed E-state index contributed by atoms with van der Waals surface area (Å²) < 4.78 is 4.79. The summed E-state index contributed by atoms with van der Waals surface area (Å²) in [4.78, 5) is 11.1. The van der Waals surface area contributed by atoms with E-state index in [-0.39, 0.29) is 5.97 Å². The zero-order valence-corrected chi connectivity index (χ0v) is 14.9. The van der Waals surface area contributed by atoms with Gasteiger partial charge in [0, 0.05) is 6.42 Å². The maximum absolute atomic E-state index is 11.1. The van der Waals surface area contributed by atoms with Crippen LogP contribution >= 0.6 is 0 Å². The summed E-state index contributed by atoms with van der Waals surface area (Å²) in [5.41, 5.74) is 0. The van der Waals surface area contributed by atoms with Gasteiger partial charge in [0.25, 0.3) is 0 Å². The van der Waals surface area contributed by atoms with Crippen LogP contribution in [0.4, 0.5) is 0 Å². The van der Waals surface area contributed by atoms with Crippen LogP contribution in [0.3, 0.4) is 0 Å². The summed E-state index contributed by atoms with van der Waals surface area (Å²) in [7, 11) is 0. The molecule has 2 nitrogen and oxygen atoms in total. The molecule has 2 heteroatoms. The first-order chi connectivity index (χ1) is 10.8. The average Bonchev–Trinajstić information content (AvgIpc) is 2.51. The summed E-state index contributed by atoms with van der Waals surface area (Å²) in [6, 6.07) is 0. The van der Waals surface area contributed by atoms with E-state index in [0.717, 1.165) is 12.8 Å². The first kappa shape index (κ1) is 21.2. The number of ether oxygens (including phenoxy) is 1. The minimum Gasteiger partial charge on any atom is -0.459 e. The van der Waals surface area contributed by atoms with Gasteiger partial charge in [-0.3, -0.25) is 4.79 Å². The fourth-order valence-corrected chi connectivity index (χ4v) is 2.53. The molecule has 0 fully saturated rings. The highest BCUT2D eigenvalue weighted by molar-refractivity contribution is 5.69. The SMILES string of the molecule is C[CH]OC(=O)CCCCCCC/C=C\CCCCCCCC. The van der Waals surface area contributed by atoms with Crippen LogP contribution in [-0.4, -0.2) is 5.97 Å². The summed E-state index contributed by atoms with van der Waals surface area (Å²) in [6.45, 7) is 5.46. The first-order valence-electron chi connectivity index (χ1n) is 9.43. The Morgan fingerprint density at radius 2 is 1.27 bits per heavy atom. The number of carbonyl (C=O) groups excluding carboxylic acids is 1. The topological polar surface area (TPSA) is 26.3 Å². The van der Waals surface area contributed by atoms with Crippen molar-refractivity contribution in [2.75, 3.05) is 0 Å². The van der Waals surface area contributed by atoms with E-state index in [1.165, 1.54) is 77.2 Å². The molecule has 0 N–H and O–H groups in total. The molecule has 0 unspecified atom stereocenters. The van der Waals surface area contributed by atoms with Crippen molar-refractivity contribution in [1.82, 2.24) is 0 Å². The quantitative estimate of drug-likeness (QED) is 0.179. The molecule has 0 rings (SSSR count). The Kier molecular flexibility index (Phi) is 17.6. The van der Waals surface area contributed by atoms with Crippen LogP contribution in [0.1, 0.15) is 104 Å². The third-order valence-corrected chi connectivity index (χ3v) is 3.89. The van der Waals surface area contributed by atoms with Crippen molar-refractivity contribution in [3.63, 3.8) is 0 Å². The van der Waals surface area contributed by atoms with Crippen molar-refractivity contribution in [1.29, 1.82) is 0 Å². The molecule has 0 aliphatic heterocycles. The monoisotopic (exact) mass is 309 g/mol. The predicted octanol–water partition coefficient (Wildman–Crippen LogP) is 6.75. The van der Waals surface area contributed by atoms with E-state index in [1.54, 1.807) is 6.92 Å². The van der Waals surface area contributed by atoms with E-state index in [9.17, 15) is 4.79 Å². The van der Waals surface area contributed by atoms with Gasteiger partial charge in [-0.15, -0.1) is 0 Å². The second-order valence-corrected chi connectivity index (χ2v) is 6.06. The molecule has 0 amide bonds. The lowest BCUT2D eigenvalue weighted by Crippen LogP contribution is -2.00. The number of unbranched alkanes of at least 4 members (excludes halogenated alkanes) is 11. The van der Waals surface area contributed by atoms with Gasteiger partial charge >= 0.3 is 5.97 Å². The summed E-state index contributed by atoms with van der Waals surface area (Å²) in [5, 5.41) is 0. The van der Waals surface area contributed by atoms with Crippen LogP contribution < -0.4 is 0 Å². The Balaban J connectivity index is 3.12. The van der Waals surface area contributed by atoms with Crippen LogP contribution in [0.2, 0.25) is 0 Å². The number of hydrogen-bond donors (Lipinski definition) is 0. The fraction of sp³-hybridized carbons (Fsp3) is 0.800. The van der Waals surface area contributed by atoms with Crippen LogP contribution in [0.25, 0.3) is 0 Å². The van der Waals surface area contributed by atoms with Gasteiger partial charge in [0.05, 0.1) is 0 Å². The molecular formula is C20H37O2. The van der Waals surface area contributed by atoms with Crippen molar-refractivity contribution in [3.05, 3.63) is 18.8 Å². The molecule has 0 aliphatic rings. The van der Waals surface area contributed by atoms with E-state index in [4.69, 9.17) is 4.74 Å². The summed E-state index contributed by atoms with van der Waals surface area (Å²) >= 11 is 0. The van der Waals surface area contributed by atoms with Crippen molar-refractivity contribution in [2.24, 2.45) is 0 Å². The van der Waals surface area contributed by atoms with Gasteiger partial charge in [0.1, 0.15) is 6.61 Å². The molecular weight excluding hydrogens is 272 g/mol. The van der Waals surface area contributed by atoms with Crippen molar-refractivity contribution in [3.8, 4) is 0 Å². The number of esters is 1. The van der Waals surface area contributed by atoms with Crippen LogP contribution in [-0.2, 0) is 9.53 Å². The van der Waals surface area contributed by atoms with Crippen molar-refractivity contribution < 1.29 is 9.53 Å². The van der Waals surface area contributed by atoms with E-state index in [2.05, 4.69) is 19.1 Å².